The molecule has 0 bridgehead atoms. The normalized spacial score (nSPS) is 11.6. The molecule has 0 aliphatic heterocycles. The number of hydrogen-bond acceptors (Lipinski definition) is 2. The van der Waals surface area contributed by atoms with E-state index < -0.39 is 6.03 Å². The summed E-state index contributed by atoms with van der Waals surface area (Å²) in [7, 11) is 0. The van der Waals surface area contributed by atoms with Crippen LogP contribution >= 0.6 is 0 Å². The summed E-state index contributed by atoms with van der Waals surface area (Å²) in [5.41, 5.74) is 6.28. The minimum Gasteiger partial charge on any atom is -0.330 e. The van der Waals surface area contributed by atoms with Crippen molar-refractivity contribution in [1.82, 2.24) is 16.2 Å². The molecule has 0 fully saturated rings. The van der Waals surface area contributed by atoms with Gasteiger partial charge in [0.1, 0.15) is 0 Å². The van der Waals surface area contributed by atoms with Gasteiger partial charge < -0.3 is 5.32 Å². The van der Waals surface area contributed by atoms with Crippen molar-refractivity contribution in [3.05, 3.63) is 71.8 Å². The van der Waals surface area contributed by atoms with Crippen LogP contribution in [0.1, 0.15) is 35.8 Å². The Morgan fingerprint density at radius 1 is 0.826 bits per heavy atom. The van der Waals surface area contributed by atoms with Crippen molar-refractivity contribution in [2.45, 2.75) is 19.9 Å². The molecule has 0 aromatic heterocycles. The van der Waals surface area contributed by atoms with E-state index >= 15 is 0 Å². The fraction of sp³-hybridized carbons (Fsp3) is 0.222. The number of amides is 3. The highest BCUT2D eigenvalue weighted by molar-refractivity contribution is 5.95. The molecule has 5 heteroatoms. The van der Waals surface area contributed by atoms with Crippen LogP contribution in [0.25, 0.3) is 0 Å². The van der Waals surface area contributed by atoms with E-state index in [-0.39, 0.29) is 17.9 Å². The molecule has 0 saturated heterocycles. The maximum Gasteiger partial charge on any atom is 0.333 e. The molecule has 0 saturated carbocycles. The Hall–Kier alpha value is -2.82. The molecule has 0 radical (unpaired) electrons. The number of carbonyl (C=O) groups excluding carboxylic acids is 2. The van der Waals surface area contributed by atoms with Gasteiger partial charge in [0, 0.05) is 5.56 Å². The summed E-state index contributed by atoms with van der Waals surface area (Å²) in [5, 5.41) is 2.87. The number of urea groups is 1. The molecule has 3 amide bonds. The average Bonchev–Trinajstić information content (AvgIpc) is 2.58. The summed E-state index contributed by atoms with van der Waals surface area (Å²) in [5.74, 6) is -0.144. The monoisotopic (exact) mass is 311 g/mol. The molecule has 1 atom stereocenters. The second kappa shape index (κ2) is 7.98. The van der Waals surface area contributed by atoms with Crippen molar-refractivity contribution in [2.24, 2.45) is 5.92 Å². The molecule has 2 aromatic rings. The van der Waals surface area contributed by atoms with Gasteiger partial charge in [0.05, 0.1) is 6.04 Å². The Morgan fingerprint density at radius 3 is 1.96 bits per heavy atom. The summed E-state index contributed by atoms with van der Waals surface area (Å²) >= 11 is 0. The predicted molar refractivity (Wildman–Crippen MR) is 89.6 cm³/mol. The smallest absolute Gasteiger partial charge is 0.330 e. The highest BCUT2D eigenvalue weighted by atomic mass is 16.2. The summed E-state index contributed by atoms with van der Waals surface area (Å²) in [6.07, 6.45) is 0. The number of benzene rings is 2. The van der Waals surface area contributed by atoms with E-state index in [1.807, 2.05) is 50.2 Å². The van der Waals surface area contributed by atoms with Gasteiger partial charge in [-0.25, -0.2) is 10.2 Å². The van der Waals surface area contributed by atoms with Crippen LogP contribution in [-0.2, 0) is 0 Å². The summed E-state index contributed by atoms with van der Waals surface area (Å²) in [6, 6.07) is 17.8. The maximum absolute atomic E-state index is 12.0. The Bertz CT molecular complexity index is 642. The van der Waals surface area contributed by atoms with Gasteiger partial charge in [-0.3, -0.25) is 10.2 Å². The molecule has 0 spiro atoms. The zero-order valence-corrected chi connectivity index (χ0v) is 13.2. The lowest BCUT2D eigenvalue weighted by Crippen LogP contribution is -2.48. The molecule has 5 nitrogen and oxygen atoms in total. The lowest BCUT2D eigenvalue weighted by Gasteiger charge is -2.23. The Morgan fingerprint density at radius 2 is 1.39 bits per heavy atom. The van der Waals surface area contributed by atoms with Crippen LogP contribution in [0, 0.1) is 5.92 Å². The van der Waals surface area contributed by atoms with Crippen molar-refractivity contribution in [1.29, 1.82) is 0 Å². The number of carbonyl (C=O) groups is 2. The largest absolute Gasteiger partial charge is 0.333 e. The Labute approximate surface area is 136 Å². The molecular weight excluding hydrogens is 290 g/mol. The first-order valence-electron chi connectivity index (χ1n) is 7.54. The van der Waals surface area contributed by atoms with Gasteiger partial charge in [-0.1, -0.05) is 62.4 Å². The number of hydrogen-bond donors (Lipinski definition) is 3. The van der Waals surface area contributed by atoms with E-state index in [9.17, 15) is 9.59 Å². The Balaban J connectivity index is 1.91. The van der Waals surface area contributed by atoms with Crippen LogP contribution in [0.5, 0.6) is 0 Å². The number of nitrogens with one attached hydrogen (secondary N) is 3. The summed E-state index contributed by atoms with van der Waals surface area (Å²) < 4.78 is 0. The number of rotatable bonds is 4. The highest BCUT2D eigenvalue weighted by Crippen LogP contribution is 2.20. The van der Waals surface area contributed by atoms with Crippen molar-refractivity contribution in [2.75, 3.05) is 0 Å². The molecule has 2 aromatic carbocycles. The minimum absolute atomic E-state index is 0.134. The van der Waals surface area contributed by atoms with Crippen molar-refractivity contribution in [3.63, 3.8) is 0 Å². The first kappa shape index (κ1) is 16.5. The predicted octanol–water partition coefficient (Wildman–Crippen LogP) is 3.03. The van der Waals surface area contributed by atoms with Gasteiger partial charge in [-0.2, -0.15) is 0 Å². The first-order valence-corrected chi connectivity index (χ1v) is 7.54. The zero-order chi connectivity index (χ0) is 16.7. The van der Waals surface area contributed by atoms with E-state index in [0.29, 0.717) is 5.56 Å². The fourth-order valence-corrected chi connectivity index (χ4v) is 2.25. The van der Waals surface area contributed by atoms with E-state index in [2.05, 4.69) is 16.2 Å². The zero-order valence-electron chi connectivity index (χ0n) is 13.2. The quantitative estimate of drug-likeness (QED) is 0.760. The minimum atomic E-state index is -0.447. The lowest BCUT2D eigenvalue weighted by molar-refractivity contribution is 0.0935. The van der Waals surface area contributed by atoms with E-state index in [4.69, 9.17) is 0 Å². The standard InChI is InChI=1S/C18H21N3O2/c1-13(2)16(14-9-5-3-6-10-14)19-18(23)21-20-17(22)15-11-7-4-8-12-15/h3-13,16H,1-2H3,(H,20,22)(H2,19,21,23). The van der Waals surface area contributed by atoms with E-state index in [1.54, 1.807) is 24.3 Å². The van der Waals surface area contributed by atoms with Crippen molar-refractivity contribution >= 4 is 11.9 Å². The molecule has 120 valence electrons. The van der Waals surface area contributed by atoms with Crippen LogP contribution in [0.2, 0.25) is 0 Å². The van der Waals surface area contributed by atoms with Crippen LogP contribution < -0.4 is 16.2 Å². The summed E-state index contributed by atoms with van der Waals surface area (Å²) in [6.45, 7) is 4.06. The van der Waals surface area contributed by atoms with Crippen LogP contribution in [0.15, 0.2) is 60.7 Å². The molecule has 0 aliphatic carbocycles. The van der Waals surface area contributed by atoms with Gasteiger partial charge >= 0.3 is 6.03 Å². The molecule has 3 N–H and O–H groups in total. The molecule has 0 heterocycles. The summed E-state index contributed by atoms with van der Waals surface area (Å²) in [4.78, 5) is 23.9. The second-order valence-corrected chi connectivity index (χ2v) is 5.55. The maximum atomic E-state index is 12.0. The molecule has 0 aliphatic rings. The van der Waals surface area contributed by atoms with Crippen LogP contribution in [-0.4, -0.2) is 11.9 Å². The fourth-order valence-electron chi connectivity index (χ4n) is 2.25. The molecule has 1 unspecified atom stereocenters. The SMILES string of the molecule is CC(C)C(NC(=O)NNC(=O)c1ccccc1)c1ccccc1. The average molecular weight is 311 g/mol. The van der Waals surface area contributed by atoms with Gasteiger partial charge in [0.2, 0.25) is 0 Å². The Kier molecular flexibility index (Phi) is 5.74. The second-order valence-electron chi connectivity index (χ2n) is 5.55. The van der Waals surface area contributed by atoms with Gasteiger partial charge in [0.25, 0.3) is 5.91 Å². The van der Waals surface area contributed by atoms with Crippen LogP contribution in [0.4, 0.5) is 4.79 Å². The first-order chi connectivity index (χ1) is 11.1. The third-order valence-electron chi connectivity index (χ3n) is 3.44. The topological polar surface area (TPSA) is 70.2 Å². The lowest BCUT2D eigenvalue weighted by atomic mass is 9.96. The number of hydrazine groups is 1. The van der Waals surface area contributed by atoms with Crippen molar-refractivity contribution < 1.29 is 9.59 Å². The van der Waals surface area contributed by atoms with Gasteiger partial charge in [-0.15, -0.1) is 0 Å². The highest BCUT2D eigenvalue weighted by Gasteiger charge is 2.18. The molecule has 2 rings (SSSR count). The molecular formula is C18H21N3O2. The third-order valence-corrected chi connectivity index (χ3v) is 3.44. The van der Waals surface area contributed by atoms with E-state index in [1.165, 1.54) is 0 Å². The van der Waals surface area contributed by atoms with Gasteiger partial charge in [-0.05, 0) is 23.6 Å². The molecule has 23 heavy (non-hydrogen) atoms. The van der Waals surface area contributed by atoms with Gasteiger partial charge in [0.15, 0.2) is 0 Å². The van der Waals surface area contributed by atoms with Crippen LogP contribution in [0.3, 0.4) is 0 Å². The third kappa shape index (κ3) is 4.85. The van der Waals surface area contributed by atoms with E-state index in [0.717, 1.165) is 5.56 Å². The van der Waals surface area contributed by atoms with Crippen molar-refractivity contribution in [3.8, 4) is 0 Å².